The molecule has 0 amide bonds. The highest BCUT2D eigenvalue weighted by molar-refractivity contribution is 5.58. The van der Waals surface area contributed by atoms with E-state index < -0.39 is 0 Å². The maximum atomic E-state index is 4.52. The van der Waals surface area contributed by atoms with Gasteiger partial charge in [0.1, 0.15) is 11.6 Å². The van der Waals surface area contributed by atoms with E-state index in [1.807, 2.05) is 47.2 Å². The molecular formula is C17H13N7. The molecule has 0 bridgehead atoms. The standard InChI is InChI=1S/C17H13N7/c1-2-5-13(6-3-1)15-18-11-12-24(15)14-7-10-21-17(22-14)23-16-19-8-4-9-20-16/h1-12H,(H,19,20,21,22,23). The summed E-state index contributed by atoms with van der Waals surface area (Å²) in [6, 6.07) is 13.5. The molecule has 0 saturated carbocycles. The van der Waals surface area contributed by atoms with Gasteiger partial charge < -0.3 is 0 Å². The number of hydrogen-bond donors (Lipinski definition) is 1. The molecule has 3 aromatic heterocycles. The van der Waals surface area contributed by atoms with Gasteiger partial charge in [-0.1, -0.05) is 30.3 Å². The first-order chi connectivity index (χ1) is 11.9. The summed E-state index contributed by atoms with van der Waals surface area (Å²) in [5.74, 6) is 2.39. The van der Waals surface area contributed by atoms with Gasteiger partial charge in [0.05, 0.1) is 0 Å². The largest absolute Gasteiger partial charge is 0.293 e. The average Bonchev–Trinajstić information content (AvgIpc) is 3.13. The van der Waals surface area contributed by atoms with Crippen LogP contribution in [0.25, 0.3) is 17.2 Å². The molecule has 3 heterocycles. The Bertz CT molecular complexity index is 935. The molecule has 0 atom stereocenters. The van der Waals surface area contributed by atoms with Crippen molar-refractivity contribution in [2.75, 3.05) is 5.32 Å². The summed E-state index contributed by atoms with van der Waals surface area (Å²) in [6.45, 7) is 0. The topological polar surface area (TPSA) is 81.4 Å². The van der Waals surface area contributed by atoms with E-state index >= 15 is 0 Å². The van der Waals surface area contributed by atoms with Gasteiger partial charge in [0.2, 0.25) is 11.9 Å². The van der Waals surface area contributed by atoms with Crippen LogP contribution < -0.4 is 5.32 Å². The van der Waals surface area contributed by atoms with Crippen molar-refractivity contribution in [3.8, 4) is 17.2 Å². The lowest BCUT2D eigenvalue weighted by molar-refractivity contribution is 0.978. The van der Waals surface area contributed by atoms with Crippen molar-refractivity contribution in [2.45, 2.75) is 0 Å². The average molecular weight is 315 g/mol. The molecule has 24 heavy (non-hydrogen) atoms. The fourth-order valence-electron chi connectivity index (χ4n) is 2.30. The van der Waals surface area contributed by atoms with Crippen LogP contribution in [-0.2, 0) is 0 Å². The predicted octanol–water partition coefficient (Wildman–Crippen LogP) is 2.86. The molecule has 1 N–H and O–H groups in total. The zero-order valence-corrected chi connectivity index (χ0v) is 12.6. The molecule has 116 valence electrons. The van der Waals surface area contributed by atoms with Crippen molar-refractivity contribution in [1.82, 2.24) is 29.5 Å². The van der Waals surface area contributed by atoms with E-state index in [1.165, 1.54) is 0 Å². The summed E-state index contributed by atoms with van der Waals surface area (Å²) in [7, 11) is 0. The number of rotatable bonds is 4. The van der Waals surface area contributed by atoms with E-state index in [4.69, 9.17) is 0 Å². The second kappa shape index (κ2) is 6.25. The van der Waals surface area contributed by atoms with E-state index in [-0.39, 0.29) is 0 Å². The van der Waals surface area contributed by atoms with Gasteiger partial charge >= 0.3 is 0 Å². The van der Waals surface area contributed by atoms with Gasteiger partial charge in [-0.25, -0.2) is 19.9 Å². The number of nitrogens with one attached hydrogen (secondary N) is 1. The SMILES string of the molecule is c1ccc(-c2nccn2-c2ccnc(Nc3ncccn3)n2)cc1. The monoisotopic (exact) mass is 315 g/mol. The molecule has 0 fully saturated rings. The number of aromatic nitrogens is 6. The molecule has 0 aliphatic heterocycles. The van der Waals surface area contributed by atoms with Crippen LogP contribution in [0.5, 0.6) is 0 Å². The van der Waals surface area contributed by atoms with Crippen LogP contribution in [0.3, 0.4) is 0 Å². The van der Waals surface area contributed by atoms with Gasteiger partial charge in [0, 0.05) is 36.5 Å². The number of benzene rings is 1. The number of nitrogens with zero attached hydrogens (tertiary/aromatic N) is 6. The van der Waals surface area contributed by atoms with Crippen LogP contribution in [0.1, 0.15) is 0 Å². The Morgan fingerprint density at radius 3 is 2.33 bits per heavy atom. The van der Waals surface area contributed by atoms with Crippen molar-refractivity contribution in [3.05, 3.63) is 73.4 Å². The molecule has 4 rings (SSSR count). The maximum absolute atomic E-state index is 4.52. The predicted molar refractivity (Wildman–Crippen MR) is 89.9 cm³/mol. The van der Waals surface area contributed by atoms with Gasteiger partial charge in [-0.15, -0.1) is 0 Å². The summed E-state index contributed by atoms with van der Waals surface area (Å²) in [5.41, 5.74) is 1.02. The Kier molecular flexibility index (Phi) is 3.65. The Hall–Kier alpha value is -3.61. The van der Waals surface area contributed by atoms with Crippen molar-refractivity contribution in [2.24, 2.45) is 0 Å². The van der Waals surface area contributed by atoms with Crippen LogP contribution in [0, 0.1) is 0 Å². The van der Waals surface area contributed by atoms with E-state index in [2.05, 4.69) is 30.2 Å². The number of anilines is 2. The van der Waals surface area contributed by atoms with Crippen molar-refractivity contribution < 1.29 is 0 Å². The summed E-state index contributed by atoms with van der Waals surface area (Å²) in [4.78, 5) is 21.4. The smallest absolute Gasteiger partial charge is 0.231 e. The van der Waals surface area contributed by atoms with E-state index in [9.17, 15) is 0 Å². The second-order valence-electron chi connectivity index (χ2n) is 4.92. The molecule has 0 spiro atoms. The van der Waals surface area contributed by atoms with Crippen LogP contribution in [0.2, 0.25) is 0 Å². The van der Waals surface area contributed by atoms with Gasteiger partial charge in [-0.3, -0.25) is 9.88 Å². The fraction of sp³-hybridized carbons (Fsp3) is 0. The minimum absolute atomic E-state index is 0.423. The van der Waals surface area contributed by atoms with Crippen LogP contribution >= 0.6 is 0 Å². The third kappa shape index (κ3) is 2.82. The first kappa shape index (κ1) is 14.0. The molecule has 0 aliphatic carbocycles. The highest BCUT2D eigenvalue weighted by Crippen LogP contribution is 2.20. The second-order valence-corrected chi connectivity index (χ2v) is 4.92. The number of hydrogen-bond acceptors (Lipinski definition) is 6. The number of imidazole rings is 1. The quantitative estimate of drug-likeness (QED) is 0.623. The normalized spacial score (nSPS) is 10.5. The fourth-order valence-corrected chi connectivity index (χ4v) is 2.30. The lowest BCUT2D eigenvalue weighted by Crippen LogP contribution is -2.05. The highest BCUT2D eigenvalue weighted by Gasteiger charge is 2.09. The van der Waals surface area contributed by atoms with E-state index in [0.29, 0.717) is 17.7 Å². The zero-order chi connectivity index (χ0) is 16.2. The Morgan fingerprint density at radius 2 is 1.50 bits per heavy atom. The van der Waals surface area contributed by atoms with Gasteiger partial charge in [-0.2, -0.15) is 4.98 Å². The van der Waals surface area contributed by atoms with Gasteiger partial charge in [-0.05, 0) is 12.1 Å². The third-order valence-electron chi connectivity index (χ3n) is 3.35. The van der Waals surface area contributed by atoms with Gasteiger partial charge in [0.25, 0.3) is 0 Å². The lowest BCUT2D eigenvalue weighted by atomic mass is 10.2. The molecule has 4 aromatic rings. The Morgan fingerprint density at radius 1 is 0.708 bits per heavy atom. The minimum atomic E-state index is 0.423. The molecule has 7 nitrogen and oxygen atoms in total. The molecule has 1 aromatic carbocycles. The van der Waals surface area contributed by atoms with Crippen molar-refractivity contribution >= 4 is 11.9 Å². The molecular weight excluding hydrogens is 302 g/mol. The summed E-state index contributed by atoms with van der Waals surface area (Å²) >= 11 is 0. The molecule has 0 unspecified atom stereocenters. The first-order valence-corrected chi connectivity index (χ1v) is 7.36. The maximum Gasteiger partial charge on any atom is 0.231 e. The van der Waals surface area contributed by atoms with Crippen LogP contribution in [0.4, 0.5) is 11.9 Å². The minimum Gasteiger partial charge on any atom is -0.293 e. The summed E-state index contributed by atoms with van der Waals surface area (Å²) in [6.07, 6.45) is 8.61. The van der Waals surface area contributed by atoms with Crippen molar-refractivity contribution in [1.29, 1.82) is 0 Å². The molecule has 0 saturated heterocycles. The third-order valence-corrected chi connectivity index (χ3v) is 3.35. The van der Waals surface area contributed by atoms with Gasteiger partial charge in [0.15, 0.2) is 0 Å². The molecule has 0 aliphatic rings. The first-order valence-electron chi connectivity index (χ1n) is 7.36. The van der Waals surface area contributed by atoms with E-state index in [0.717, 1.165) is 11.4 Å². The highest BCUT2D eigenvalue weighted by atomic mass is 15.2. The van der Waals surface area contributed by atoms with E-state index in [1.54, 1.807) is 30.9 Å². The van der Waals surface area contributed by atoms with Crippen LogP contribution in [0.15, 0.2) is 73.4 Å². The summed E-state index contributed by atoms with van der Waals surface area (Å²) < 4.78 is 1.91. The summed E-state index contributed by atoms with van der Waals surface area (Å²) in [5, 5.41) is 2.99. The lowest BCUT2D eigenvalue weighted by Gasteiger charge is -2.08. The molecule has 0 radical (unpaired) electrons. The Labute approximate surface area is 138 Å². The zero-order valence-electron chi connectivity index (χ0n) is 12.6. The van der Waals surface area contributed by atoms with Crippen LogP contribution in [-0.4, -0.2) is 29.5 Å². The van der Waals surface area contributed by atoms with Crippen molar-refractivity contribution in [3.63, 3.8) is 0 Å². The molecule has 7 heteroatoms. The Balaban J connectivity index is 1.69.